The molecular weight excluding hydrogens is 415 g/mol. The Balaban J connectivity index is 0.00000272. The molecule has 1 saturated heterocycles. The lowest BCUT2D eigenvalue weighted by Crippen LogP contribution is -2.34. The van der Waals surface area contributed by atoms with E-state index >= 15 is 0 Å². The second-order valence-electron chi connectivity index (χ2n) is 7.54. The van der Waals surface area contributed by atoms with E-state index in [9.17, 15) is 9.18 Å². The van der Waals surface area contributed by atoms with Crippen molar-refractivity contribution in [3.63, 3.8) is 0 Å². The predicted molar refractivity (Wildman–Crippen MR) is 124 cm³/mol. The molecule has 0 radical (unpaired) electrons. The van der Waals surface area contributed by atoms with E-state index in [1.165, 1.54) is 12.1 Å². The van der Waals surface area contributed by atoms with Gasteiger partial charge in [0.2, 0.25) is 5.91 Å². The third-order valence-electron chi connectivity index (χ3n) is 5.33. The highest BCUT2D eigenvalue weighted by atomic mass is 35.5. The molecule has 4 rings (SSSR count). The third-order valence-corrected chi connectivity index (χ3v) is 5.33. The van der Waals surface area contributed by atoms with Gasteiger partial charge in [0.25, 0.3) is 0 Å². The Morgan fingerprint density at radius 3 is 2.45 bits per heavy atom. The molecule has 1 aliphatic heterocycles. The van der Waals surface area contributed by atoms with Crippen LogP contribution in [0.2, 0.25) is 0 Å². The summed E-state index contributed by atoms with van der Waals surface area (Å²) < 4.78 is 19.3. The monoisotopic (exact) mass is 440 g/mol. The number of nitrogens with one attached hydrogen (secondary N) is 2. The molecule has 4 nitrogen and oxygen atoms in total. The number of carbonyl (C=O) groups is 1. The molecule has 6 heteroatoms. The summed E-state index contributed by atoms with van der Waals surface area (Å²) in [6.45, 7) is 2.19. The van der Waals surface area contributed by atoms with Crippen LogP contribution in [-0.2, 0) is 11.4 Å². The van der Waals surface area contributed by atoms with Gasteiger partial charge in [-0.1, -0.05) is 42.5 Å². The highest BCUT2D eigenvalue weighted by molar-refractivity contribution is 5.92. The maximum absolute atomic E-state index is 13.4. The summed E-state index contributed by atoms with van der Waals surface area (Å²) in [5, 5.41) is 6.28. The number of hydrogen-bond acceptors (Lipinski definition) is 3. The molecule has 2 N–H and O–H groups in total. The van der Waals surface area contributed by atoms with Gasteiger partial charge < -0.3 is 15.4 Å². The van der Waals surface area contributed by atoms with Crippen molar-refractivity contribution in [1.29, 1.82) is 0 Å². The van der Waals surface area contributed by atoms with Crippen LogP contribution in [0.15, 0.2) is 72.8 Å². The lowest BCUT2D eigenvalue weighted by Gasteiger charge is -2.21. The lowest BCUT2D eigenvalue weighted by molar-refractivity contribution is -0.120. The molecule has 1 aliphatic rings. The van der Waals surface area contributed by atoms with Crippen LogP contribution in [0.1, 0.15) is 18.4 Å². The average molecular weight is 441 g/mol. The Morgan fingerprint density at radius 1 is 0.968 bits per heavy atom. The van der Waals surface area contributed by atoms with Crippen molar-refractivity contribution in [3.05, 3.63) is 84.2 Å². The van der Waals surface area contributed by atoms with Gasteiger partial charge in [-0.05, 0) is 66.9 Å². The van der Waals surface area contributed by atoms with Crippen molar-refractivity contribution in [2.45, 2.75) is 19.4 Å². The largest absolute Gasteiger partial charge is 0.489 e. The van der Waals surface area contributed by atoms with E-state index in [4.69, 9.17) is 4.74 Å². The van der Waals surface area contributed by atoms with Crippen molar-refractivity contribution in [2.75, 3.05) is 18.4 Å². The predicted octanol–water partition coefficient (Wildman–Crippen LogP) is 5.43. The Morgan fingerprint density at radius 2 is 1.71 bits per heavy atom. The summed E-state index contributed by atoms with van der Waals surface area (Å²) in [5.74, 6) is 0.591. The van der Waals surface area contributed by atoms with Crippen molar-refractivity contribution < 1.29 is 13.9 Å². The molecular formula is C25H26ClFN2O2. The summed E-state index contributed by atoms with van der Waals surface area (Å²) in [4.78, 5) is 12.4. The van der Waals surface area contributed by atoms with Crippen LogP contribution in [0.4, 0.5) is 10.1 Å². The summed E-state index contributed by atoms with van der Waals surface area (Å²) in [7, 11) is 0. The Labute approximate surface area is 188 Å². The van der Waals surface area contributed by atoms with Crippen molar-refractivity contribution in [2.24, 2.45) is 5.92 Å². The van der Waals surface area contributed by atoms with E-state index in [1.807, 2.05) is 54.6 Å². The number of amides is 1. The number of rotatable bonds is 6. The molecule has 31 heavy (non-hydrogen) atoms. The first-order chi connectivity index (χ1) is 14.7. The quantitative estimate of drug-likeness (QED) is 0.537. The van der Waals surface area contributed by atoms with E-state index in [0.29, 0.717) is 12.4 Å². The van der Waals surface area contributed by atoms with Crippen LogP contribution in [0.5, 0.6) is 5.75 Å². The SMILES string of the molecule is Cl.O=C(Nc1cccc(OCc2ccc(-c3cccc(F)c3)cc2)c1)C1CCNCC1. The third kappa shape index (κ3) is 6.29. The van der Waals surface area contributed by atoms with E-state index in [1.54, 1.807) is 6.07 Å². The van der Waals surface area contributed by atoms with Crippen LogP contribution in [0.25, 0.3) is 11.1 Å². The minimum Gasteiger partial charge on any atom is -0.489 e. The summed E-state index contributed by atoms with van der Waals surface area (Å²) >= 11 is 0. The van der Waals surface area contributed by atoms with Crippen LogP contribution >= 0.6 is 12.4 Å². The molecule has 1 fully saturated rings. The highest BCUT2D eigenvalue weighted by Gasteiger charge is 2.20. The second-order valence-corrected chi connectivity index (χ2v) is 7.54. The van der Waals surface area contributed by atoms with Gasteiger partial charge in [0.1, 0.15) is 18.2 Å². The van der Waals surface area contributed by atoms with Gasteiger partial charge in [-0.15, -0.1) is 12.4 Å². The number of carbonyl (C=O) groups excluding carboxylic acids is 1. The van der Waals surface area contributed by atoms with Crippen molar-refractivity contribution in [1.82, 2.24) is 5.32 Å². The number of hydrogen-bond donors (Lipinski definition) is 2. The van der Waals surface area contributed by atoms with E-state index < -0.39 is 0 Å². The molecule has 0 aliphatic carbocycles. The molecule has 0 atom stereocenters. The molecule has 0 bridgehead atoms. The van der Waals surface area contributed by atoms with Gasteiger partial charge in [0.05, 0.1) is 0 Å². The molecule has 1 heterocycles. The smallest absolute Gasteiger partial charge is 0.227 e. The highest BCUT2D eigenvalue weighted by Crippen LogP contribution is 2.23. The molecule has 3 aromatic carbocycles. The van der Waals surface area contributed by atoms with Gasteiger partial charge in [0.15, 0.2) is 0 Å². The average Bonchev–Trinajstić information content (AvgIpc) is 2.79. The number of anilines is 1. The Bertz CT molecular complexity index is 1000. The van der Waals surface area contributed by atoms with E-state index in [2.05, 4.69) is 10.6 Å². The van der Waals surface area contributed by atoms with Gasteiger partial charge in [0, 0.05) is 17.7 Å². The molecule has 0 spiro atoms. The standard InChI is InChI=1S/C25H25FN2O2.ClH/c26-22-4-1-3-21(15-22)19-9-7-18(8-10-19)17-30-24-6-2-5-23(16-24)28-25(29)20-11-13-27-14-12-20;/h1-10,15-16,20,27H,11-14,17H2,(H,28,29);1H. The molecule has 0 aromatic heterocycles. The van der Waals surface area contributed by atoms with Gasteiger partial charge >= 0.3 is 0 Å². The fourth-order valence-electron chi connectivity index (χ4n) is 3.62. The number of ether oxygens (including phenoxy) is 1. The van der Waals surface area contributed by atoms with E-state index in [0.717, 1.165) is 48.3 Å². The number of halogens is 2. The molecule has 0 unspecified atom stereocenters. The molecule has 1 amide bonds. The number of benzene rings is 3. The minimum absolute atomic E-state index is 0. The van der Waals surface area contributed by atoms with E-state index in [-0.39, 0.29) is 30.0 Å². The molecule has 162 valence electrons. The van der Waals surface area contributed by atoms with Crippen LogP contribution in [-0.4, -0.2) is 19.0 Å². The first-order valence-electron chi connectivity index (χ1n) is 10.3. The second kappa shape index (κ2) is 10.9. The van der Waals surface area contributed by atoms with Crippen LogP contribution < -0.4 is 15.4 Å². The zero-order chi connectivity index (χ0) is 20.8. The van der Waals surface area contributed by atoms with Crippen molar-refractivity contribution >= 4 is 24.0 Å². The van der Waals surface area contributed by atoms with Gasteiger partial charge in [-0.25, -0.2) is 4.39 Å². The fraction of sp³-hybridized carbons (Fsp3) is 0.240. The maximum Gasteiger partial charge on any atom is 0.227 e. The topological polar surface area (TPSA) is 50.4 Å². The Kier molecular flexibility index (Phi) is 8.04. The van der Waals surface area contributed by atoms with Gasteiger partial charge in [-0.3, -0.25) is 4.79 Å². The van der Waals surface area contributed by atoms with Gasteiger partial charge in [-0.2, -0.15) is 0 Å². The van der Waals surface area contributed by atoms with Crippen LogP contribution in [0, 0.1) is 11.7 Å². The summed E-state index contributed by atoms with van der Waals surface area (Å²) in [5.41, 5.74) is 3.57. The Hall–Kier alpha value is -2.89. The first kappa shape index (κ1) is 22.8. The first-order valence-corrected chi connectivity index (χ1v) is 10.3. The van der Waals surface area contributed by atoms with Crippen molar-refractivity contribution in [3.8, 4) is 16.9 Å². The zero-order valence-electron chi connectivity index (χ0n) is 17.1. The minimum atomic E-state index is -0.243. The molecule has 0 saturated carbocycles. The normalized spacial score (nSPS) is 13.8. The molecule has 3 aromatic rings. The lowest BCUT2D eigenvalue weighted by atomic mass is 9.97. The fourth-order valence-corrected chi connectivity index (χ4v) is 3.62. The summed E-state index contributed by atoms with van der Waals surface area (Å²) in [6, 6.07) is 21.9. The maximum atomic E-state index is 13.4. The van der Waals surface area contributed by atoms with Crippen LogP contribution in [0.3, 0.4) is 0 Å². The number of piperidine rings is 1. The summed E-state index contributed by atoms with van der Waals surface area (Å²) in [6.07, 6.45) is 1.74. The zero-order valence-corrected chi connectivity index (χ0v) is 18.0.